The summed E-state index contributed by atoms with van der Waals surface area (Å²) in [5.41, 5.74) is 0.942. The van der Waals surface area contributed by atoms with Gasteiger partial charge in [0.05, 0.1) is 12.2 Å². The molecule has 1 rings (SSSR count). The van der Waals surface area contributed by atoms with Gasteiger partial charge in [-0.15, -0.1) is 0 Å². The van der Waals surface area contributed by atoms with Crippen molar-refractivity contribution in [1.29, 1.82) is 0 Å². The molecule has 108 valence electrons. The van der Waals surface area contributed by atoms with E-state index in [1.54, 1.807) is 0 Å². The maximum absolute atomic E-state index is 5.70. The number of hydrogen-bond donors (Lipinski definition) is 1. The van der Waals surface area contributed by atoms with Gasteiger partial charge in [-0.3, -0.25) is 0 Å². The zero-order valence-corrected chi connectivity index (χ0v) is 12.5. The fourth-order valence-electron chi connectivity index (χ4n) is 1.70. The lowest BCUT2D eigenvalue weighted by atomic mass is 10.3. The maximum atomic E-state index is 5.70. The van der Waals surface area contributed by atoms with Crippen molar-refractivity contribution in [3.05, 3.63) is 11.4 Å². The summed E-state index contributed by atoms with van der Waals surface area (Å²) in [4.78, 5) is 8.92. The molecule has 0 radical (unpaired) electrons. The highest BCUT2D eigenvalue weighted by molar-refractivity contribution is 5.48. The Morgan fingerprint density at radius 1 is 1.05 bits per heavy atom. The zero-order chi connectivity index (χ0) is 14.1. The Morgan fingerprint density at radius 2 is 1.84 bits per heavy atom. The molecule has 5 heteroatoms. The molecule has 0 aromatic carbocycles. The van der Waals surface area contributed by atoms with E-state index in [4.69, 9.17) is 9.47 Å². The first-order valence-electron chi connectivity index (χ1n) is 6.98. The standard InChI is InChI=1S/C14H25N3O2/c1-5-7-12-16-13(15-4)11(3)14(17-12)19-10-9-18-8-6-2/h5-10H2,1-4H3,(H,15,16,17). The van der Waals surface area contributed by atoms with Crippen LogP contribution in [0.1, 0.15) is 38.1 Å². The Balaban J connectivity index is 2.66. The van der Waals surface area contributed by atoms with E-state index in [0.717, 1.165) is 43.1 Å². The van der Waals surface area contributed by atoms with Crippen LogP contribution < -0.4 is 10.1 Å². The minimum atomic E-state index is 0.520. The van der Waals surface area contributed by atoms with Crippen molar-refractivity contribution in [2.45, 2.75) is 40.0 Å². The highest BCUT2D eigenvalue weighted by atomic mass is 16.5. The molecule has 1 aromatic heterocycles. The van der Waals surface area contributed by atoms with Gasteiger partial charge in [0.25, 0.3) is 0 Å². The monoisotopic (exact) mass is 267 g/mol. The van der Waals surface area contributed by atoms with E-state index in [-0.39, 0.29) is 0 Å². The summed E-state index contributed by atoms with van der Waals surface area (Å²) in [5.74, 6) is 2.31. The molecule has 0 saturated heterocycles. The molecule has 0 saturated carbocycles. The van der Waals surface area contributed by atoms with Crippen LogP contribution in [0.15, 0.2) is 0 Å². The van der Waals surface area contributed by atoms with Crippen molar-refractivity contribution in [2.24, 2.45) is 0 Å². The quantitative estimate of drug-likeness (QED) is 0.697. The molecule has 0 bridgehead atoms. The molecule has 0 fully saturated rings. The second kappa shape index (κ2) is 8.69. The second-order valence-electron chi connectivity index (χ2n) is 4.38. The van der Waals surface area contributed by atoms with Crippen LogP contribution in [-0.4, -0.2) is 36.8 Å². The third-order valence-corrected chi connectivity index (χ3v) is 2.67. The zero-order valence-electron chi connectivity index (χ0n) is 12.5. The number of hydrogen-bond acceptors (Lipinski definition) is 5. The van der Waals surface area contributed by atoms with Crippen LogP contribution in [0, 0.1) is 6.92 Å². The summed E-state index contributed by atoms with van der Waals surface area (Å²) in [5, 5.41) is 3.08. The first-order valence-corrected chi connectivity index (χ1v) is 6.98. The van der Waals surface area contributed by atoms with Crippen molar-refractivity contribution in [3.63, 3.8) is 0 Å². The van der Waals surface area contributed by atoms with Gasteiger partial charge in [0.1, 0.15) is 18.2 Å². The van der Waals surface area contributed by atoms with Crippen LogP contribution >= 0.6 is 0 Å². The van der Waals surface area contributed by atoms with E-state index in [1.165, 1.54) is 0 Å². The molecule has 0 aliphatic carbocycles. The van der Waals surface area contributed by atoms with Crippen LogP contribution in [-0.2, 0) is 11.2 Å². The SMILES string of the molecule is CCCOCCOc1nc(CCC)nc(NC)c1C. The summed E-state index contributed by atoms with van der Waals surface area (Å²) in [7, 11) is 1.86. The summed E-state index contributed by atoms with van der Waals surface area (Å²) in [6.45, 7) is 8.05. The van der Waals surface area contributed by atoms with Gasteiger partial charge in [0.15, 0.2) is 0 Å². The smallest absolute Gasteiger partial charge is 0.221 e. The molecule has 0 spiro atoms. The number of rotatable bonds is 9. The molecule has 0 aliphatic heterocycles. The molecule has 1 heterocycles. The van der Waals surface area contributed by atoms with Gasteiger partial charge >= 0.3 is 0 Å². The van der Waals surface area contributed by atoms with Crippen molar-refractivity contribution in [3.8, 4) is 5.88 Å². The van der Waals surface area contributed by atoms with Crippen molar-refractivity contribution >= 4 is 5.82 Å². The van der Waals surface area contributed by atoms with E-state index >= 15 is 0 Å². The fraction of sp³-hybridized carbons (Fsp3) is 0.714. The highest BCUT2D eigenvalue weighted by Gasteiger charge is 2.10. The highest BCUT2D eigenvalue weighted by Crippen LogP contribution is 2.22. The number of nitrogens with one attached hydrogen (secondary N) is 1. The van der Waals surface area contributed by atoms with E-state index in [0.29, 0.717) is 19.1 Å². The van der Waals surface area contributed by atoms with Crippen molar-refractivity contribution in [2.75, 3.05) is 32.2 Å². The van der Waals surface area contributed by atoms with Crippen LogP contribution in [0.3, 0.4) is 0 Å². The molecular formula is C14H25N3O2. The van der Waals surface area contributed by atoms with Gasteiger partial charge < -0.3 is 14.8 Å². The minimum Gasteiger partial charge on any atom is -0.475 e. The summed E-state index contributed by atoms with van der Waals surface area (Å²) in [6, 6.07) is 0. The van der Waals surface area contributed by atoms with E-state index < -0.39 is 0 Å². The first kappa shape index (κ1) is 15.7. The lowest BCUT2D eigenvalue weighted by molar-refractivity contribution is 0.0986. The number of aryl methyl sites for hydroxylation is 1. The lowest BCUT2D eigenvalue weighted by Gasteiger charge is -2.13. The van der Waals surface area contributed by atoms with Gasteiger partial charge in [-0.25, -0.2) is 4.98 Å². The lowest BCUT2D eigenvalue weighted by Crippen LogP contribution is -2.11. The molecule has 1 aromatic rings. The largest absolute Gasteiger partial charge is 0.475 e. The van der Waals surface area contributed by atoms with E-state index in [9.17, 15) is 0 Å². The van der Waals surface area contributed by atoms with Gasteiger partial charge in [-0.1, -0.05) is 13.8 Å². The fourth-order valence-corrected chi connectivity index (χ4v) is 1.70. The van der Waals surface area contributed by atoms with Crippen LogP contribution in [0.5, 0.6) is 5.88 Å². The van der Waals surface area contributed by atoms with Crippen LogP contribution in [0.2, 0.25) is 0 Å². The normalized spacial score (nSPS) is 10.5. The van der Waals surface area contributed by atoms with Gasteiger partial charge in [-0.05, 0) is 19.8 Å². The van der Waals surface area contributed by atoms with E-state index in [1.807, 2.05) is 14.0 Å². The second-order valence-corrected chi connectivity index (χ2v) is 4.38. The average Bonchev–Trinajstić information content (AvgIpc) is 2.41. The molecule has 5 nitrogen and oxygen atoms in total. The summed E-state index contributed by atoms with van der Waals surface area (Å²) in [6.07, 6.45) is 2.90. The predicted molar refractivity (Wildman–Crippen MR) is 76.9 cm³/mol. The Labute approximate surface area is 115 Å². The Kier molecular flexibility index (Phi) is 7.18. The predicted octanol–water partition coefficient (Wildman–Crippen LogP) is 2.58. The Morgan fingerprint density at radius 3 is 2.47 bits per heavy atom. The van der Waals surface area contributed by atoms with Gasteiger partial charge in [-0.2, -0.15) is 4.98 Å². The summed E-state index contributed by atoms with van der Waals surface area (Å²) < 4.78 is 11.1. The number of nitrogens with zero attached hydrogens (tertiary/aromatic N) is 2. The molecule has 0 aliphatic rings. The van der Waals surface area contributed by atoms with Crippen LogP contribution in [0.4, 0.5) is 5.82 Å². The van der Waals surface area contributed by atoms with Gasteiger partial charge in [0.2, 0.25) is 5.88 Å². The van der Waals surface area contributed by atoms with E-state index in [2.05, 4.69) is 29.1 Å². The third kappa shape index (κ3) is 5.03. The Bertz CT molecular complexity index is 383. The molecule has 0 amide bonds. The molecule has 0 unspecified atom stereocenters. The van der Waals surface area contributed by atoms with Crippen molar-refractivity contribution in [1.82, 2.24) is 9.97 Å². The molecular weight excluding hydrogens is 242 g/mol. The first-order chi connectivity index (χ1) is 9.22. The molecule has 0 atom stereocenters. The third-order valence-electron chi connectivity index (χ3n) is 2.67. The number of ether oxygens (including phenoxy) is 2. The van der Waals surface area contributed by atoms with Gasteiger partial charge in [0, 0.05) is 20.1 Å². The molecule has 19 heavy (non-hydrogen) atoms. The number of aromatic nitrogens is 2. The van der Waals surface area contributed by atoms with Crippen molar-refractivity contribution < 1.29 is 9.47 Å². The Hall–Kier alpha value is -1.36. The average molecular weight is 267 g/mol. The summed E-state index contributed by atoms with van der Waals surface area (Å²) >= 11 is 0. The minimum absolute atomic E-state index is 0.520. The number of anilines is 1. The topological polar surface area (TPSA) is 56.3 Å². The van der Waals surface area contributed by atoms with Crippen LogP contribution in [0.25, 0.3) is 0 Å². The maximum Gasteiger partial charge on any atom is 0.221 e. The molecule has 1 N–H and O–H groups in total.